The molecule has 0 saturated carbocycles. The quantitative estimate of drug-likeness (QED) is 0.865. The first-order valence-electron chi connectivity index (χ1n) is 5.59. The Labute approximate surface area is 106 Å². The van der Waals surface area contributed by atoms with Crippen molar-refractivity contribution >= 4 is 5.82 Å². The summed E-state index contributed by atoms with van der Waals surface area (Å²) >= 11 is 0. The molecule has 19 heavy (non-hydrogen) atoms. The van der Waals surface area contributed by atoms with Crippen LogP contribution in [0.15, 0.2) is 24.3 Å². The summed E-state index contributed by atoms with van der Waals surface area (Å²) in [6.07, 6.45) is -4.45. The largest absolute Gasteiger partial charge is 0.418 e. The van der Waals surface area contributed by atoms with Crippen molar-refractivity contribution in [3.63, 3.8) is 0 Å². The van der Waals surface area contributed by atoms with Crippen LogP contribution in [0.2, 0.25) is 0 Å². The Kier molecular flexibility index (Phi) is 2.53. The lowest BCUT2D eigenvalue weighted by atomic mass is 10.1. The molecule has 1 aliphatic rings. The van der Waals surface area contributed by atoms with Crippen molar-refractivity contribution in [3.05, 3.63) is 41.1 Å². The molecule has 2 aromatic rings. The number of benzene rings is 1. The van der Waals surface area contributed by atoms with Gasteiger partial charge in [-0.25, -0.2) is 4.68 Å². The summed E-state index contributed by atoms with van der Waals surface area (Å²) in [5.41, 5.74) is 6.28. The van der Waals surface area contributed by atoms with Crippen molar-refractivity contribution in [1.29, 1.82) is 0 Å². The molecule has 0 radical (unpaired) electrons. The van der Waals surface area contributed by atoms with Crippen LogP contribution in [0, 0.1) is 0 Å². The van der Waals surface area contributed by atoms with Gasteiger partial charge in [0.15, 0.2) is 0 Å². The fraction of sp³-hybridized carbons (Fsp3) is 0.250. The van der Waals surface area contributed by atoms with Crippen LogP contribution in [0.4, 0.5) is 19.0 Å². The number of para-hydroxylation sites is 1. The molecule has 3 rings (SSSR count). The van der Waals surface area contributed by atoms with Gasteiger partial charge >= 0.3 is 6.18 Å². The van der Waals surface area contributed by atoms with Crippen molar-refractivity contribution in [2.45, 2.75) is 19.4 Å². The van der Waals surface area contributed by atoms with E-state index in [1.165, 1.54) is 18.2 Å². The van der Waals surface area contributed by atoms with Crippen LogP contribution in [0.25, 0.3) is 5.69 Å². The van der Waals surface area contributed by atoms with E-state index in [1.807, 2.05) is 0 Å². The molecule has 0 amide bonds. The lowest BCUT2D eigenvalue weighted by Gasteiger charge is -2.13. The summed E-state index contributed by atoms with van der Waals surface area (Å²) in [6, 6.07) is 5.22. The van der Waals surface area contributed by atoms with Gasteiger partial charge in [-0.05, 0) is 12.1 Å². The Hall–Kier alpha value is -2.02. The zero-order chi connectivity index (χ0) is 13.6. The highest BCUT2D eigenvalue weighted by atomic mass is 19.4. The summed E-state index contributed by atoms with van der Waals surface area (Å²) in [5.74, 6) is 0.198. The molecule has 0 bridgehead atoms. The first kappa shape index (κ1) is 12.0. The summed E-state index contributed by atoms with van der Waals surface area (Å²) < 4.78 is 45.2. The standard InChI is InChI=1S/C12H10F3N3O/c13-12(14,15)8-3-1-2-4-10(8)18-11(16)7-5-19-6-9(7)17-18/h1-4H,5-6,16H2. The van der Waals surface area contributed by atoms with Gasteiger partial charge < -0.3 is 10.5 Å². The van der Waals surface area contributed by atoms with Gasteiger partial charge in [0.1, 0.15) is 5.82 Å². The van der Waals surface area contributed by atoms with E-state index < -0.39 is 11.7 Å². The topological polar surface area (TPSA) is 53.1 Å². The van der Waals surface area contributed by atoms with E-state index in [4.69, 9.17) is 10.5 Å². The van der Waals surface area contributed by atoms with Gasteiger partial charge in [0.25, 0.3) is 0 Å². The maximum absolute atomic E-state index is 13.0. The second kappa shape index (κ2) is 3.99. The van der Waals surface area contributed by atoms with Gasteiger partial charge in [-0.3, -0.25) is 0 Å². The molecule has 100 valence electrons. The maximum Gasteiger partial charge on any atom is 0.418 e. The molecule has 2 heterocycles. The smallest absolute Gasteiger partial charge is 0.383 e. The summed E-state index contributed by atoms with van der Waals surface area (Å²) in [5, 5.41) is 4.10. The Bertz CT molecular complexity index is 634. The number of hydrogen-bond acceptors (Lipinski definition) is 3. The van der Waals surface area contributed by atoms with Gasteiger partial charge in [-0.2, -0.15) is 18.3 Å². The number of alkyl halides is 3. The van der Waals surface area contributed by atoms with Crippen LogP contribution in [-0.2, 0) is 24.1 Å². The molecular weight excluding hydrogens is 259 g/mol. The number of rotatable bonds is 1. The minimum absolute atomic E-state index is 0.0677. The van der Waals surface area contributed by atoms with Crippen molar-refractivity contribution in [2.24, 2.45) is 0 Å². The molecule has 0 unspecified atom stereocenters. The van der Waals surface area contributed by atoms with Gasteiger partial charge in [-0.1, -0.05) is 12.1 Å². The first-order valence-corrected chi connectivity index (χ1v) is 5.59. The Morgan fingerprint density at radius 2 is 1.95 bits per heavy atom. The molecule has 1 aromatic carbocycles. The molecule has 0 fully saturated rings. The number of anilines is 1. The number of nitrogen functional groups attached to an aromatic ring is 1. The zero-order valence-electron chi connectivity index (χ0n) is 9.74. The van der Waals surface area contributed by atoms with Crippen molar-refractivity contribution in [3.8, 4) is 5.69 Å². The number of nitrogens with zero attached hydrogens (tertiary/aromatic N) is 2. The van der Waals surface area contributed by atoms with Gasteiger partial charge in [0.05, 0.1) is 30.2 Å². The highest BCUT2D eigenvalue weighted by Crippen LogP contribution is 2.36. The molecule has 4 nitrogen and oxygen atoms in total. The monoisotopic (exact) mass is 269 g/mol. The summed E-state index contributed by atoms with van der Waals surface area (Å²) in [4.78, 5) is 0. The van der Waals surface area contributed by atoms with E-state index in [-0.39, 0.29) is 24.7 Å². The van der Waals surface area contributed by atoms with E-state index >= 15 is 0 Å². The molecule has 1 aromatic heterocycles. The summed E-state index contributed by atoms with van der Waals surface area (Å²) in [6.45, 7) is 0.566. The molecule has 1 aliphatic heterocycles. The lowest BCUT2D eigenvalue weighted by molar-refractivity contribution is -0.137. The van der Waals surface area contributed by atoms with E-state index in [1.54, 1.807) is 0 Å². The average Bonchev–Trinajstić information content (AvgIpc) is 2.92. The van der Waals surface area contributed by atoms with Crippen LogP contribution < -0.4 is 5.73 Å². The SMILES string of the molecule is Nc1c2c(nn1-c1ccccc1C(F)(F)F)COC2. The second-order valence-corrected chi connectivity index (χ2v) is 4.23. The van der Waals surface area contributed by atoms with Crippen LogP contribution in [0.1, 0.15) is 16.8 Å². The van der Waals surface area contributed by atoms with E-state index in [0.717, 1.165) is 10.7 Å². The second-order valence-electron chi connectivity index (χ2n) is 4.23. The van der Waals surface area contributed by atoms with E-state index in [9.17, 15) is 13.2 Å². The Morgan fingerprint density at radius 1 is 1.21 bits per heavy atom. The van der Waals surface area contributed by atoms with Crippen LogP contribution in [-0.4, -0.2) is 9.78 Å². The third-order valence-electron chi connectivity index (χ3n) is 3.03. The third kappa shape index (κ3) is 1.86. The maximum atomic E-state index is 13.0. The van der Waals surface area contributed by atoms with Crippen molar-refractivity contribution in [1.82, 2.24) is 9.78 Å². The van der Waals surface area contributed by atoms with E-state index in [0.29, 0.717) is 11.3 Å². The van der Waals surface area contributed by atoms with Gasteiger partial charge in [0.2, 0.25) is 0 Å². The molecule has 0 atom stereocenters. The van der Waals surface area contributed by atoms with E-state index in [2.05, 4.69) is 5.10 Å². The molecule has 7 heteroatoms. The van der Waals surface area contributed by atoms with Crippen LogP contribution >= 0.6 is 0 Å². The van der Waals surface area contributed by atoms with Crippen LogP contribution in [0.5, 0.6) is 0 Å². The predicted octanol–water partition coefficient (Wildman–Crippen LogP) is 2.50. The number of aromatic nitrogens is 2. The van der Waals surface area contributed by atoms with Crippen molar-refractivity contribution < 1.29 is 17.9 Å². The third-order valence-corrected chi connectivity index (χ3v) is 3.03. The molecule has 2 N–H and O–H groups in total. The fourth-order valence-electron chi connectivity index (χ4n) is 2.12. The predicted molar refractivity (Wildman–Crippen MR) is 61.5 cm³/mol. The number of halogens is 3. The fourth-order valence-corrected chi connectivity index (χ4v) is 2.12. The number of nitrogens with two attached hydrogens (primary N) is 1. The normalized spacial score (nSPS) is 14.7. The molecule has 0 aliphatic carbocycles. The Balaban J connectivity index is 2.18. The molecule has 0 saturated heterocycles. The highest BCUT2D eigenvalue weighted by Gasteiger charge is 2.35. The molecular formula is C12H10F3N3O. The van der Waals surface area contributed by atoms with Gasteiger partial charge in [0, 0.05) is 5.56 Å². The zero-order valence-corrected chi connectivity index (χ0v) is 9.74. The van der Waals surface area contributed by atoms with Gasteiger partial charge in [-0.15, -0.1) is 0 Å². The summed E-state index contributed by atoms with van der Waals surface area (Å²) in [7, 11) is 0. The highest BCUT2D eigenvalue weighted by molar-refractivity contribution is 5.53. The number of ether oxygens (including phenoxy) is 1. The minimum atomic E-state index is -4.45. The first-order chi connectivity index (χ1) is 8.98. The van der Waals surface area contributed by atoms with Crippen molar-refractivity contribution in [2.75, 3.05) is 5.73 Å². The average molecular weight is 269 g/mol. The number of hydrogen-bond donors (Lipinski definition) is 1. The Morgan fingerprint density at radius 3 is 2.63 bits per heavy atom. The molecule has 0 spiro atoms. The lowest BCUT2D eigenvalue weighted by Crippen LogP contribution is -2.13. The van der Waals surface area contributed by atoms with Crippen LogP contribution in [0.3, 0.4) is 0 Å². The minimum Gasteiger partial charge on any atom is -0.383 e. The number of fused-ring (bicyclic) bond motifs is 1.